The van der Waals surface area contributed by atoms with Crippen molar-refractivity contribution in [1.82, 2.24) is 34.7 Å². The Bertz CT molecular complexity index is 1170. The van der Waals surface area contributed by atoms with E-state index in [9.17, 15) is 4.79 Å². The van der Waals surface area contributed by atoms with E-state index >= 15 is 0 Å². The second kappa shape index (κ2) is 7.95. The molecule has 1 aliphatic carbocycles. The Kier molecular flexibility index (Phi) is 4.90. The van der Waals surface area contributed by atoms with Crippen molar-refractivity contribution >= 4 is 34.5 Å². The summed E-state index contributed by atoms with van der Waals surface area (Å²) < 4.78 is 2.08. The topological polar surface area (TPSA) is 104 Å². The van der Waals surface area contributed by atoms with E-state index in [2.05, 4.69) is 53.1 Å². The Hall–Kier alpha value is -3.27. The Morgan fingerprint density at radius 3 is 2.58 bits per heavy atom. The average Bonchev–Trinajstić information content (AvgIpc) is 3.24. The summed E-state index contributed by atoms with van der Waals surface area (Å²) in [7, 11) is 2.15. The lowest BCUT2D eigenvalue weighted by Gasteiger charge is -2.42. The van der Waals surface area contributed by atoms with Crippen LogP contribution in [0.5, 0.6) is 0 Å². The molecule has 3 aromatic rings. The molecule has 1 saturated heterocycles. The molecular weight excluding hydrogens is 418 g/mol. The number of rotatable bonds is 3. The van der Waals surface area contributed by atoms with Crippen LogP contribution >= 0.6 is 0 Å². The molecule has 0 atom stereocenters. The van der Waals surface area contributed by atoms with E-state index in [0.29, 0.717) is 35.3 Å². The maximum atomic E-state index is 12.6. The van der Waals surface area contributed by atoms with Crippen LogP contribution in [0.3, 0.4) is 0 Å². The molecule has 2 aliphatic heterocycles. The number of amides is 1. The van der Waals surface area contributed by atoms with Crippen LogP contribution in [0.4, 0.5) is 17.5 Å². The molecule has 0 bridgehead atoms. The average molecular weight is 448 g/mol. The predicted molar refractivity (Wildman–Crippen MR) is 126 cm³/mol. The summed E-state index contributed by atoms with van der Waals surface area (Å²) in [5.41, 5.74) is 2.34. The van der Waals surface area contributed by atoms with E-state index in [1.54, 1.807) is 6.20 Å². The summed E-state index contributed by atoms with van der Waals surface area (Å²) in [6.07, 6.45) is 9.16. The highest BCUT2D eigenvalue weighted by Crippen LogP contribution is 2.39. The maximum absolute atomic E-state index is 12.6. The van der Waals surface area contributed by atoms with Gasteiger partial charge in [0.25, 0.3) is 5.91 Å². The molecule has 1 saturated carbocycles. The Balaban J connectivity index is 1.29. The fourth-order valence-electron chi connectivity index (χ4n) is 5.38. The van der Waals surface area contributed by atoms with Gasteiger partial charge in [-0.1, -0.05) is 19.3 Å². The number of anilines is 3. The fraction of sp³-hybridized carbons (Fsp3) is 0.522. The summed E-state index contributed by atoms with van der Waals surface area (Å²) in [5.74, 6) is 1.46. The first kappa shape index (κ1) is 20.3. The van der Waals surface area contributed by atoms with Crippen LogP contribution in [-0.2, 0) is 5.54 Å². The summed E-state index contributed by atoms with van der Waals surface area (Å²) in [4.78, 5) is 35.6. The van der Waals surface area contributed by atoms with Crippen molar-refractivity contribution in [3.8, 4) is 0 Å². The molecular formula is C23H29N9O. The number of nitrogens with one attached hydrogen (secondary N) is 2. The summed E-state index contributed by atoms with van der Waals surface area (Å²) >= 11 is 0. The second-order valence-corrected chi connectivity index (χ2v) is 9.46. The first-order valence-corrected chi connectivity index (χ1v) is 11.8. The summed E-state index contributed by atoms with van der Waals surface area (Å²) in [6.45, 7) is 4.76. The molecule has 172 valence electrons. The van der Waals surface area contributed by atoms with Gasteiger partial charge in [-0.25, -0.2) is 15.0 Å². The highest BCUT2D eigenvalue weighted by atomic mass is 16.2. The van der Waals surface area contributed by atoms with Crippen molar-refractivity contribution in [1.29, 1.82) is 0 Å². The van der Waals surface area contributed by atoms with Gasteiger partial charge >= 0.3 is 0 Å². The monoisotopic (exact) mass is 447 g/mol. The van der Waals surface area contributed by atoms with Crippen LogP contribution in [-0.4, -0.2) is 75.1 Å². The van der Waals surface area contributed by atoms with Gasteiger partial charge in [-0.05, 0) is 32.0 Å². The van der Waals surface area contributed by atoms with Crippen molar-refractivity contribution in [2.75, 3.05) is 50.0 Å². The van der Waals surface area contributed by atoms with Gasteiger partial charge in [0.1, 0.15) is 11.3 Å². The van der Waals surface area contributed by atoms with E-state index in [0.717, 1.165) is 57.5 Å². The Morgan fingerprint density at radius 1 is 1.00 bits per heavy atom. The molecule has 3 aliphatic rings. The lowest BCUT2D eigenvalue weighted by atomic mass is 9.80. The van der Waals surface area contributed by atoms with Gasteiger partial charge in [-0.15, -0.1) is 0 Å². The van der Waals surface area contributed by atoms with Gasteiger partial charge < -0.3 is 20.4 Å². The van der Waals surface area contributed by atoms with Crippen LogP contribution in [0.2, 0.25) is 0 Å². The molecule has 2 fully saturated rings. The van der Waals surface area contributed by atoms with E-state index in [1.807, 2.05) is 12.3 Å². The number of fused-ring (bicyclic) bond motifs is 4. The van der Waals surface area contributed by atoms with E-state index in [1.165, 1.54) is 6.42 Å². The molecule has 1 spiro atoms. The van der Waals surface area contributed by atoms with Crippen LogP contribution in [0.15, 0.2) is 24.5 Å². The molecule has 1 amide bonds. The summed E-state index contributed by atoms with van der Waals surface area (Å²) in [6, 6.07) is 4.05. The minimum atomic E-state index is -0.149. The van der Waals surface area contributed by atoms with Crippen molar-refractivity contribution in [2.45, 2.75) is 37.6 Å². The third-order valence-electron chi connectivity index (χ3n) is 7.30. The Labute approximate surface area is 192 Å². The number of likely N-dealkylation sites (N-methyl/N-ethyl adjacent to an activating group) is 1. The zero-order valence-electron chi connectivity index (χ0n) is 18.9. The zero-order valence-corrected chi connectivity index (χ0v) is 18.9. The maximum Gasteiger partial charge on any atom is 0.287 e. The minimum absolute atomic E-state index is 0.139. The quantitative estimate of drug-likeness (QED) is 0.629. The van der Waals surface area contributed by atoms with Crippen LogP contribution in [0.25, 0.3) is 11.2 Å². The predicted octanol–water partition coefficient (Wildman–Crippen LogP) is 2.12. The number of hydrogen-bond donors (Lipinski definition) is 2. The van der Waals surface area contributed by atoms with E-state index in [4.69, 9.17) is 4.98 Å². The number of pyridine rings is 1. The third kappa shape index (κ3) is 3.58. The lowest BCUT2D eigenvalue weighted by molar-refractivity contribution is 0.0824. The number of carbonyl (C=O) groups excluding carboxylic acids is 1. The number of aromatic nitrogens is 5. The molecule has 0 aromatic carbocycles. The standard InChI is InChI=1S/C23H29N9O/c1-30-9-11-31(12-10-30)16-5-6-18(24-13-16)28-22-25-14-17-19(29-22)32-20(27-17)21(33)26-15-23(32)7-3-2-4-8-23/h5-6,13-14H,2-4,7-12,15H2,1H3,(H,26,33)(H,24,25,28,29). The van der Waals surface area contributed by atoms with Crippen LogP contribution in [0, 0.1) is 0 Å². The number of piperazine rings is 1. The molecule has 33 heavy (non-hydrogen) atoms. The van der Waals surface area contributed by atoms with Crippen molar-refractivity contribution < 1.29 is 4.79 Å². The molecule has 3 aromatic heterocycles. The van der Waals surface area contributed by atoms with Crippen molar-refractivity contribution in [2.24, 2.45) is 0 Å². The number of carbonyl (C=O) groups is 1. The van der Waals surface area contributed by atoms with Gasteiger partial charge in [0.05, 0.1) is 23.6 Å². The zero-order chi connectivity index (χ0) is 22.4. The van der Waals surface area contributed by atoms with E-state index < -0.39 is 0 Å². The largest absolute Gasteiger partial charge is 0.368 e. The van der Waals surface area contributed by atoms with Gasteiger partial charge in [-0.3, -0.25) is 9.36 Å². The number of hydrogen-bond acceptors (Lipinski definition) is 8. The number of nitrogens with zero attached hydrogens (tertiary/aromatic N) is 7. The molecule has 0 unspecified atom stereocenters. The van der Waals surface area contributed by atoms with Crippen molar-refractivity contribution in [3.05, 3.63) is 30.4 Å². The third-order valence-corrected chi connectivity index (χ3v) is 7.30. The smallest absolute Gasteiger partial charge is 0.287 e. The molecule has 10 heteroatoms. The van der Waals surface area contributed by atoms with Crippen LogP contribution in [0.1, 0.15) is 42.7 Å². The normalized spacial score (nSPS) is 20.6. The first-order chi connectivity index (χ1) is 16.1. The highest BCUT2D eigenvalue weighted by Gasteiger charge is 2.42. The molecule has 0 radical (unpaired) electrons. The SMILES string of the molecule is CN1CCN(c2ccc(Nc3ncc4nc5n(c4n3)C3(CCCCC3)CNC5=O)nc2)CC1. The van der Waals surface area contributed by atoms with Crippen molar-refractivity contribution in [3.63, 3.8) is 0 Å². The van der Waals surface area contributed by atoms with E-state index in [-0.39, 0.29) is 11.4 Å². The first-order valence-electron chi connectivity index (χ1n) is 11.8. The van der Waals surface area contributed by atoms with Crippen LogP contribution < -0.4 is 15.5 Å². The summed E-state index contributed by atoms with van der Waals surface area (Å²) in [5, 5.41) is 6.28. The minimum Gasteiger partial charge on any atom is -0.368 e. The van der Waals surface area contributed by atoms with Gasteiger partial charge in [0, 0.05) is 32.7 Å². The molecule has 5 heterocycles. The molecule has 10 nitrogen and oxygen atoms in total. The number of imidazole rings is 1. The lowest BCUT2D eigenvalue weighted by Crippen LogP contribution is -2.52. The Morgan fingerprint density at radius 2 is 1.82 bits per heavy atom. The van der Waals surface area contributed by atoms with Gasteiger partial charge in [0.2, 0.25) is 11.8 Å². The second-order valence-electron chi connectivity index (χ2n) is 9.46. The highest BCUT2D eigenvalue weighted by molar-refractivity contribution is 5.95. The van der Waals surface area contributed by atoms with Gasteiger partial charge in [-0.2, -0.15) is 4.98 Å². The molecule has 2 N–H and O–H groups in total. The molecule has 6 rings (SSSR count). The van der Waals surface area contributed by atoms with Gasteiger partial charge in [0.15, 0.2) is 5.65 Å². The fourth-order valence-corrected chi connectivity index (χ4v) is 5.38.